The van der Waals surface area contributed by atoms with Crippen LogP contribution in [0, 0.1) is 4.77 Å². The minimum absolute atomic E-state index is 0.231. The molecule has 1 unspecified atom stereocenters. The molecule has 9 heteroatoms. The fraction of sp³-hybridized carbons (Fsp3) is 0.263. The van der Waals surface area contributed by atoms with Gasteiger partial charge in [0.2, 0.25) is 5.91 Å². The van der Waals surface area contributed by atoms with Crippen molar-refractivity contribution in [2.24, 2.45) is 7.05 Å². The first-order valence-corrected chi connectivity index (χ1v) is 10.1. The Balaban J connectivity index is 1.64. The summed E-state index contributed by atoms with van der Waals surface area (Å²) < 4.78 is 2.30. The average Bonchev–Trinajstić information content (AvgIpc) is 3.34. The summed E-state index contributed by atoms with van der Waals surface area (Å²) in [5.41, 5.74) is 0.976. The molecular weight excluding hydrogens is 394 g/mol. The van der Waals surface area contributed by atoms with Crippen molar-refractivity contribution in [3.05, 3.63) is 68.9 Å². The van der Waals surface area contributed by atoms with Crippen LogP contribution >= 0.6 is 23.6 Å². The maximum atomic E-state index is 12.8. The van der Waals surface area contributed by atoms with Gasteiger partial charge in [-0.2, -0.15) is 5.10 Å². The zero-order valence-electron chi connectivity index (χ0n) is 15.3. The van der Waals surface area contributed by atoms with Crippen molar-refractivity contribution < 1.29 is 9.59 Å². The molecule has 2 aromatic heterocycles. The third kappa shape index (κ3) is 5.14. The highest BCUT2D eigenvalue weighted by atomic mass is 32.1. The number of nitrogens with one attached hydrogen (secondary N) is 3. The Bertz CT molecular complexity index is 979. The summed E-state index contributed by atoms with van der Waals surface area (Å²) in [5.74, 6) is 0.276. The monoisotopic (exact) mass is 415 g/mol. The Kier molecular flexibility index (Phi) is 6.72. The molecule has 0 fully saturated rings. The van der Waals surface area contributed by atoms with E-state index < -0.39 is 6.04 Å². The molecule has 0 aliphatic carbocycles. The van der Waals surface area contributed by atoms with Crippen LogP contribution in [0.25, 0.3) is 0 Å². The van der Waals surface area contributed by atoms with E-state index >= 15 is 0 Å². The van der Waals surface area contributed by atoms with Crippen LogP contribution in [0.4, 0.5) is 0 Å². The zero-order chi connectivity index (χ0) is 19.9. The molecule has 3 N–H and O–H groups in total. The number of carbonyl (C=O) groups excluding carboxylic acids is 2. The van der Waals surface area contributed by atoms with Crippen molar-refractivity contribution in [1.82, 2.24) is 25.4 Å². The van der Waals surface area contributed by atoms with E-state index in [0.717, 1.165) is 11.4 Å². The minimum Gasteiger partial charge on any atom is -0.354 e. The highest BCUT2D eigenvalue weighted by molar-refractivity contribution is 7.71. The molecule has 1 atom stereocenters. The summed E-state index contributed by atoms with van der Waals surface area (Å²) in [6, 6.07) is 12.5. The number of aromatic nitrogens is 3. The van der Waals surface area contributed by atoms with Gasteiger partial charge in [-0.15, -0.1) is 11.3 Å². The van der Waals surface area contributed by atoms with Gasteiger partial charge in [0.05, 0.1) is 4.88 Å². The summed E-state index contributed by atoms with van der Waals surface area (Å²) in [4.78, 5) is 25.8. The van der Waals surface area contributed by atoms with Crippen LogP contribution in [0.2, 0.25) is 0 Å². The van der Waals surface area contributed by atoms with Crippen LogP contribution in [0.3, 0.4) is 0 Å². The maximum Gasteiger partial charge on any atom is 0.262 e. The Labute approximate surface area is 171 Å². The number of aromatic amines is 1. The van der Waals surface area contributed by atoms with Gasteiger partial charge in [0.25, 0.3) is 5.91 Å². The molecule has 3 rings (SSSR count). The number of thiophene rings is 1. The van der Waals surface area contributed by atoms with Crippen molar-refractivity contribution in [2.75, 3.05) is 6.54 Å². The number of benzene rings is 1. The van der Waals surface area contributed by atoms with E-state index in [-0.39, 0.29) is 11.8 Å². The first kappa shape index (κ1) is 20.0. The molecule has 0 radical (unpaired) electrons. The fourth-order valence-electron chi connectivity index (χ4n) is 2.72. The summed E-state index contributed by atoms with van der Waals surface area (Å²) in [5, 5.41) is 14.4. The molecule has 3 aromatic rings. The second-order valence-electron chi connectivity index (χ2n) is 6.24. The van der Waals surface area contributed by atoms with E-state index in [2.05, 4.69) is 20.8 Å². The third-order valence-corrected chi connectivity index (χ3v) is 5.50. The predicted octanol–water partition coefficient (Wildman–Crippen LogP) is 2.24. The average molecular weight is 416 g/mol. The smallest absolute Gasteiger partial charge is 0.262 e. The van der Waals surface area contributed by atoms with Crippen LogP contribution in [0.1, 0.15) is 21.1 Å². The third-order valence-electron chi connectivity index (χ3n) is 4.27. The number of carbonyl (C=O) groups is 2. The van der Waals surface area contributed by atoms with E-state index in [1.807, 2.05) is 48.8 Å². The number of hydrogen-bond donors (Lipinski definition) is 3. The highest BCUT2D eigenvalue weighted by Crippen LogP contribution is 2.10. The molecule has 0 saturated heterocycles. The van der Waals surface area contributed by atoms with E-state index in [1.54, 1.807) is 10.6 Å². The first-order chi connectivity index (χ1) is 13.5. The van der Waals surface area contributed by atoms with Crippen molar-refractivity contribution in [1.29, 1.82) is 0 Å². The lowest BCUT2D eigenvalue weighted by Crippen LogP contribution is -2.48. The van der Waals surface area contributed by atoms with E-state index in [4.69, 9.17) is 12.2 Å². The van der Waals surface area contributed by atoms with E-state index in [0.29, 0.717) is 29.0 Å². The number of rotatable bonds is 8. The molecule has 0 aliphatic heterocycles. The van der Waals surface area contributed by atoms with Crippen molar-refractivity contribution >= 4 is 35.4 Å². The molecule has 0 spiro atoms. The van der Waals surface area contributed by atoms with Gasteiger partial charge in [-0.3, -0.25) is 14.7 Å². The molecular formula is C19H21N5O2S2. The number of hydrogen-bond acceptors (Lipinski definition) is 5. The summed E-state index contributed by atoms with van der Waals surface area (Å²) >= 11 is 6.43. The summed E-state index contributed by atoms with van der Waals surface area (Å²) in [6.45, 7) is 0.395. The maximum absolute atomic E-state index is 12.8. The van der Waals surface area contributed by atoms with Gasteiger partial charge >= 0.3 is 0 Å². The molecule has 2 heterocycles. The fourth-order valence-corrected chi connectivity index (χ4v) is 3.50. The van der Waals surface area contributed by atoms with Crippen LogP contribution in [-0.2, 0) is 24.7 Å². The van der Waals surface area contributed by atoms with Gasteiger partial charge in [-0.05, 0) is 29.2 Å². The second-order valence-corrected chi connectivity index (χ2v) is 7.57. The van der Waals surface area contributed by atoms with Gasteiger partial charge in [0.15, 0.2) is 4.77 Å². The quantitative estimate of drug-likeness (QED) is 0.492. The summed E-state index contributed by atoms with van der Waals surface area (Å²) in [7, 11) is 1.82. The largest absolute Gasteiger partial charge is 0.354 e. The molecule has 28 heavy (non-hydrogen) atoms. The molecule has 1 aromatic carbocycles. The van der Waals surface area contributed by atoms with Crippen LogP contribution < -0.4 is 10.6 Å². The van der Waals surface area contributed by atoms with Crippen molar-refractivity contribution in [3.8, 4) is 0 Å². The molecule has 2 amide bonds. The van der Waals surface area contributed by atoms with Gasteiger partial charge in [-0.25, -0.2) is 0 Å². The van der Waals surface area contributed by atoms with Gasteiger partial charge in [0, 0.05) is 26.4 Å². The van der Waals surface area contributed by atoms with E-state index in [9.17, 15) is 9.59 Å². The normalized spacial score (nSPS) is 11.8. The second kappa shape index (κ2) is 9.43. The number of amides is 2. The Morgan fingerprint density at radius 2 is 2.04 bits per heavy atom. The van der Waals surface area contributed by atoms with Crippen LogP contribution in [0.15, 0.2) is 47.8 Å². The lowest BCUT2D eigenvalue weighted by atomic mass is 10.1. The van der Waals surface area contributed by atoms with Crippen molar-refractivity contribution in [3.63, 3.8) is 0 Å². The number of nitrogens with zero attached hydrogens (tertiary/aromatic N) is 2. The first-order valence-electron chi connectivity index (χ1n) is 8.81. The van der Waals surface area contributed by atoms with Crippen LogP contribution in [-0.4, -0.2) is 39.2 Å². The van der Waals surface area contributed by atoms with E-state index in [1.165, 1.54) is 11.3 Å². The molecule has 146 valence electrons. The Morgan fingerprint density at radius 3 is 2.68 bits per heavy atom. The standard InChI is InChI=1S/C19H21N5O2S2/c1-24-16(22-23-19(24)27)9-10-20-17(25)14(12-13-6-3-2-4-7-13)21-18(26)15-8-5-11-28-15/h2-8,11,14H,9-10,12H2,1H3,(H,20,25)(H,21,26)(H,23,27). The molecule has 7 nitrogen and oxygen atoms in total. The van der Waals surface area contributed by atoms with Crippen LogP contribution in [0.5, 0.6) is 0 Å². The molecule has 0 saturated carbocycles. The molecule has 0 aliphatic rings. The zero-order valence-corrected chi connectivity index (χ0v) is 17.0. The Hall–Kier alpha value is -2.78. The lowest BCUT2D eigenvalue weighted by molar-refractivity contribution is -0.122. The molecule has 0 bridgehead atoms. The highest BCUT2D eigenvalue weighted by Gasteiger charge is 2.22. The lowest BCUT2D eigenvalue weighted by Gasteiger charge is -2.18. The van der Waals surface area contributed by atoms with Crippen molar-refractivity contribution in [2.45, 2.75) is 18.9 Å². The Morgan fingerprint density at radius 1 is 1.25 bits per heavy atom. The summed E-state index contributed by atoms with van der Waals surface area (Å²) in [6.07, 6.45) is 0.947. The topological polar surface area (TPSA) is 91.8 Å². The SMILES string of the molecule is Cn1c(CCNC(=O)C(Cc2ccccc2)NC(=O)c2cccs2)n[nH]c1=S. The minimum atomic E-state index is -0.667. The van der Waals surface area contributed by atoms with Gasteiger partial charge < -0.3 is 15.2 Å². The predicted molar refractivity (Wildman–Crippen MR) is 111 cm³/mol. The van der Waals surface area contributed by atoms with Gasteiger partial charge in [-0.1, -0.05) is 36.4 Å². The number of H-pyrrole nitrogens is 1. The van der Waals surface area contributed by atoms with Gasteiger partial charge in [0.1, 0.15) is 11.9 Å².